The average Bonchev–Trinajstić information content (AvgIpc) is 4.04. The van der Waals surface area contributed by atoms with Gasteiger partial charge in [0.25, 0.3) is 0 Å². The summed E-state index contributed by atoms with van der Waals surface area (Å²) < 4.78 is 17.5. The van der Waals surface area contributed by atoms with Crippen molar-refractivity contribution in [1.82, 2.24) is 23.3 Å². The summed E-state index contributed by atoms with van der Waals surface area (Å²) >= 11 is 0. The molecule has 0 amide bonds. The molecule has 0 fully saturated rings. The van der Waals surface area contributed by atoms with Crippen LogP contribution in [0.4, 0.5) is 0 Å². The van der Waals surface area contributed by atoms with Crippen molar-refractivity contribution < 1.29 is 30.4 Å². The van der Waals surface area contributed by atoms with E-state index in [2.05, 4.69) is 153 Å². The van der Waals surface area contributed by atoms with Crippen LogP contribution >= 0.6 is 0 Å². The van der Waals surface area contributed by atoms with Gasteiger partial charge >= 0.3 is 0 Å². The number of rotatable bonds is 6. The molecule has 8 heteroatoms. The van der Waals surface area contributed by atoms with Crippen LogP contribution in [0.1, 0.15) is 0 Å². The summed E-state index contributed by atoms with van der Waals surface area (Å²) in [5.74, 6) is 1.95. The molecule has 12 aromatic rings. The van der Waals surface area contributed by atoms with E-state index in [9.17, 15) is 0 Å². The van der Waals surface area contributed by atoms with Crippen molar-refractivity contribution in [2.24, 2.45) is 7.05 Å². The Bertz CT molecular complexity index is 3550. The summed E-state index contributed by atoms with van der Waals surface area (Å²) in [6, 6.07) is 62.3. The van der Waals surface area contributed by atoms with Gasteiger partial charge in [-0.2, -0.15) is 18.2 Å². The van der Waals surface area contributed by atoms with Crippen molar-refractivity contribution in [2.75, 3.05) is 0 Å². The first-order valence-electron chi connectivity index (χ1n) is 19.3. The Kier molecular flexibility index (Phi) is 8.14. The minimum atomic E-state index is 0. The third kappa shape index (κ3) is 5.32. The maximum atomic E-state index is 6.60. The molecule has 59 heavy (non-hydrogen) atoms. The van der Waals surface area contributed by atoms with E-state index in [1.165, 1.54) is 21.5 Å². The first kappa shape index (κ1) is 35.0. The molecule has 7 nitrogen and oxygen atoms in total. The normalized spacial score (nSPS) is 11.7. The molecule has 0 N–H and O–H groups in total. The van der Waals surface area contributed by atoms with Crippen molar-refractivity contribution in [3.05, 3.63) is 195 Å². The monoisotopic (exact) mass is 939 g/mol. The van der Waals surface area contributed by atoms with E-state index in [1.807, 2.05) is 71.2 Å². The molecular formula is C51H32N6OPt-2. The van der Waals surface area contributed by atoms with Gasteiger partial charge in [-0.15, -0.1) is 29.7 Å². The number of hydrogen-bond donors (Lipinski definition) is 0. The van der Waals surface area contributed by atoms with E-state index < -0.39 is 0 Å². The number of aryl methyl sites for hydroxylation is 1. The molecule has 284 valence electrons. The molecule has 0 saturated carbocycles. The van der Waals surface area contributed by atoms with Gasteiger partial charge in [-0.05, 0) is 53.9 Å². The Morgan fingerprint density at radius 1 is 0.525 bits per heavy atom. The van der Waals surface area contributed by atoms with E-state index in [0.29, 0.717) is 11.5 Å². The molecule has 0 aliphatic rings. The summed E-state index contributed by atoms with van der Waals surface area (Å²) in [7, 11) is 1.95. The van der Waals surface area contributed by atoms with Gasteiger partial charge in [-0.25, -0.2) is 4.98 Å². The van der Waals surface area contributed by atoms with Gasteiger partial charge < -0.3 is 27.6 Å². The van der Waals surface area contributed by atoms with E-state index >= 15 is 0 Å². The summed E-state index contributed by atoms with van der Waals surface area (Å²) in [6.07, 6.45) is 9.00. The van der Waals surface area contributed by atoms with Gasteiger partial charge in [0, 0.05) is 84.1 Å². The number of benzene rings is 7. The largest absolute Gasteiger partial charge is 0.510 e. The van der Waals surface area contributed by atoms with Crippen molar-refractivity contribution in [3.8, 4) is 34.4 Å². The first-order chi connectivity index (χ1) is 28.7. The molecule has 12 rings (SSSR count). The SMILES string of the molecule is Cn1[c-][n+](-c2[c-]c(Oc3[c-]c4c(cc3)c3c5c6ccccc6n(-c6ccccc6)c5c5c6ccccc6n(-c6ccccc6)c5c3n4-c3ccccn3)ccc2)cc1.[Pt]. The van der Waals surface area contributed by atoms with Gasteiger partial charge in [-0.3, -0.25) is 0 Å². The fraction of sp³-hybridized carbons (Fsp3) is 0.0196. The number of aromatic nitrogens is 6. The smallest absolute Gasteiger partial charge is 0.241 e. The molecule has 0 unspecified atom stereocenters. The fourth-order valence-corrected chi connectivity index (χ4v) is 8.86. The molecule has 7 aromatic carbocycles. The molecule has 0 radical (unpaired) electrons. The van der Waals surface area contributed by atoms with Crippen LogP contribution in [0.5, 0.6) is 11.5 Å². The van der Waals surface area contributed by atoms with Gasteiger partial charge in [0.15, 0.2) is 0 Å². The molecule has 0 saturated heterocycles. The maximum absolute atomic E-state index is 6.60. The van der Waals surface area contributed by atoms with Gasteiger partial charge in [0.1, 0.15) is 5.82 Å². The summed E-state index contributed by atoms with van der Waals surface area (Å²) in [5.41, 5.74) is 9.42. The number of nitrogens with zero attached hydrogens (tertiary/aromatic N) is 6. The van der Waals surface area contributed by atoms with Crippen LogP contribution in [0, 0.1) is 18.5 Å². The number of ether oxygens (including phenoxy) is 1. The number of para-hydroxylation sites is 4. The molecular weight excluding hydrogens is 908 g/mol. The zero-order valence-corrected chi connectivity index (χ0v) is 33.9. The quantitative estimate of drug-likeness (QED) is 0.123. The Balaban J connectivity index is 0.00000397. The van der Waals surface area contributed by atoms with Gasteiger partial charge in [0.05, 0.1) is 34.6 Å². The van der Waals surface area contributed by atoms with Crippen LogP contribution in [-0.2, 0) is 28.1 Å². The van der Waals surface area contributed by atoms with E-state index in [0.717, 1.165) is 66.8 Å². The minimum Gasteiger partial charge on any atom is -0.510 e. The Hall–Kier alpha value is -7.21. The minimum absolute atomic E-state index is 0. The predicted octanol–water partition coefficient (Wildman–Crippen LogP) is 11.2. The Morgan fingerprint density at radius 2 is 1.14 bits per heavy atom. The maximum Gasteiger partial charge on any atom is 0.241 e. The van der Waals surface area contributed by atoms with Gasteiger partial charge in [-0.1, -0.05) is 90.1 Å². The van der Waals surface area contributed by atoms with Crippen molar-refractivity contribution >= 4 is 65.4 Å². The van der Waals surface area contributed by atoms with Crippen LogP contribution in [0.2, 0.25) is 0 Å². The van der Waals surface area contributed by atoms with Crippen LogP contribution in [-0.4, -0.2) is 23.3 Å². The molecule has 5 heterocycles. The number of pyridine rings is 1. The van der Waals surface area contributed by atoms with E-state index in [-0.39, 0.29) is 21.1 Å². The third-order valence-electron chi connectivity index (χ3n) is 11.2. The molecule has 5 aromatic heterocycles. The second-order valence-corrected chi connectivity index (χ2v) is 14.5. The van der Waals surface area contributed by atoms with Crippen molar-refractivity contribution in [2.45, 2.75) is 0 Å². The van der Waals surface area contributed by atoms with Crippen LogP contribution in [0.3, 0.4) is 0 Å². The molecule has 0 atom stereocenters. The Labute approximate surface area is 353 Å². The summed E-state index contributed by atoms with van der Waals surface area (Å²) in [4.78, 5) is 5.01. The first-order valence-corrected chi connectivity index (χ1v) is 19.3. The summed E-state index contributed by atoms with van der Waals surface area (Å²) in [5, 5.41) is 6.86. The predicted molar refractivity (Wildman–Crippen MR) is 231 cm³/mol. The zero-order valence-electron chi connectivity index (χ0n) is 31.7. The van der Waals surface area contributed by atoms with E-state index in [1.54, 1.807) is 0 Å². The topological polar surface area (TPSA) is 45.7 Å². The standard InChI is InChI=1S/C51H32N6O.Pt/c1-53-29-30-54(33-53)36-19-14-20-37(31-36)58-38-26-27-41-44(32-38)57(45-25-12-13-28-52-45)50-47(41)46-39-21-8-10-23-42(39)55(34-15-4-2-5-16-34)49(46)48-40-22-9-11-24-43(40)56(51(48)50)35-17-6-3-7-18-35;/h2-30H,1H3;/q-2;. The molecule has 0 aliphatic heterocycles. The number of fused-ring (bicyclic) bond motifs is 12. The zero-order chi connectivity index (χ0) is 38.3. The number of hydrogen-bond acceptors (Lipinski definition) is 2. The second-order valence-electron chi connectivity index (χ2n) is 14.5. The van der Waals surface area contributed by atoms with Crippen LogP contribution in [0.25, 0.3) is 88.3 Å². The van der Waals surface area contributed by atoms with Crippen LogP contribution < -0.4 is 9.30 Å². The van der Waals surface area contributed by atoms with Gasteiger partial charge in [0.2, 0.25) is 6.33 Å². The fourth-order valence-electron chi connectivity index (χ4n) is 8.86. The molecule has 0 spiro atoms. The van der Waals surface area contributed by atoms with Crippen molar-refractivity contribution in [1.29, 1.82) is 0 Å². The second kappa shape index (κ2) is 13.7. The Morgan fingerprint density at radius 3 is 1.81 bits per heavy atom. The van der Waals surface area contributed by atoms with Crippen molar-refractivity contribution in [3.63, 3.8) is 0 Å². The average molecular weight is 940 g/mol. The van der Waals surface area contributed by atoms with E-state index in [4.69, 9.17) is 9.72 Å². The number of imidazole rings is 1. The van der Waals surface area contributed by atoms with Crippen LogP contribution in [0.15, 0.2) is 176 Å². The molecule has 0 bridgehead atoms. The summed E-state index contributed by atoms with van der Waals surface area (Å²) in [6.45, 7) is 0. The third-order valence-corrected chi connectivity index (χ3v) is 11.2. The molecule has 0 aliphatic carbocycles.